The van der Waals surface area contributed by atoms with E-state index >= 15 is 0 Å². The fourth-order valence-electron chi connectivity index (χ4n) is 2.25. The predicted octanol–water partition coefficient (Wildman–Crippen LogP) is 2.78. The number of ether oxygens (including phenoxy) is 1. The number of esters is 1. The highest BCUT2D eigenvalue weighted by Gasteiger charge is 2.19. The molecule has 106 valence electrons. The molecule has 0 aliphatic heterocycles. The zero-order chi connectivity index (χ0) is 14.8. The number of nitrogen functional groups attached to an aromatic ring is 1. The molecule has 2 aromatic carbocycles. The minimum Gasteiger partial charge on any atom is -0.461 e. The third-order valence-electron chi connectivity index (χ3n) is 3.17. The van der Waals surface area contributed by atoms with E-state index in [0.29, 0.717) is 18.0 Å². The summed E-state index contributed by atoms with van der Waals surface area (Å²) in [6.45, 7) is 2.08. The molecular weight excluding hydrogens is 266 g/mol. The van der Waals surface area contributed by atoms with Crippen LogP contribution in [0, 0.1) is 0 Å². The smallest absolute Gasteiger partial charge is 0.359 e. The Morgan fingerprint density at radius 3 is 2.71 bits per heavy atom. The molecule has 5 nitrogen and oxygen atoms in total. The Balaban J connectivity index is 2.25. The van der Waals surface area contributed by atoms with Crippen LogP contribution in [0.25, 0.3) is 16.6 Å². The highest BCUT2D eigenvalue weighted by atomic mass is 16.5. The highest BCUT2D eigenvalue weighted by molar-refractivity contribution is 6.03. The van der Waals surface area contributed by atoms with E-state index < -0.39 is 5.97 Å². The van der Waals surface area contributed by atoms with E-state index in [4.69, 9.17) is 10.5 Å². The average Bonchev–Trinajstić information content (AvgIpc) is 2.87. The number of rotatable bonds is 3. The van der Waals surface area contributed by atoms with Gasteiger partial charge in [-0.05, 0) is 37.3 Å². The van der Waals surface area contributed by atoms with Crippen LogP contribution in [0.1, 0.15) is 17.4 Å². The van der Waals surface area contributed by atoms with Gasteiger partial charge in [-0.15, -0.1) is 0 Å². The molecule has 5 heteroatoms. The number of fused-ring (bicyclic) bond motifs is 1. The largest absolute Gasteiger partial charge is 0.461 e. The third kappa shape index (κ3) is 2.33. The Kier molecular flexibility index (Phi) is 3.31. The number of hydrogen-bond donors (Lipinski definition) is 1. The summed E-state index contributed by atoms with van der Waals surface area (Å²) >= 11 is 0. The second-order valence-electron chi connectivity index (χ2n) is 4.59. The number of para-hydroxylation sites is 1. The van der Waals surface area contributed by atoms with Crippen LogP contribution in [-0.2, 0) is 4.74 Å². The van der Waals surface area contributed by atoms with Gasteiger partial charge in [0.2, 0.25) is 0 Å². The standard InChI is InChI=1S/C16H15N3O2/c1-2-21-16(20)15-13-9-8-11(17)10-14(13)19(18-15)12-6-4-3-5-7-12/h3-10H,2,17H2,1H3. The van der Waals surface area contributed by atoms with Crippen molar-refractivity contribution in [3.8, 4) is 5.69 Å². The number of anilines is 1. The first kappa shape index (κ1) is 13.2. The van der Waals surface area contributed by atoms with Crippen molar-refractivity contribution in [1.29, 1.82) is 0 Å². The predicted molar refractivity (Wildman–Crippen MR) is 81.4 cm³/mol. The Morgan fingerprint density at radius 2 is 2.00 bits per heavy atom. The maximum Gasteiger partial charge on any atom is 0.359 e. The van der Waals surface area contributed by atoms with Crippen LogP contribution < -0.4 is 5.73 Å². The van der Waals surface area contributed by atoms with Gasteiger partial charge in [0.05, 0.1) is 17.8 Å². The molecule has 0 radical (unpaired) electrons. The number of carbonyl (C=O) groups excluding carboxylic acids is 1. The van der Waals surface area contributed by atoms with Gasteiger partial charge in [0.25, 0.3) is 0 Å². The molecule has 0 aliphatic rings. The normalized spacial score (nSPS) is 10.7. The number of carbonyl (C=O) groups is 1. The van der Waals surface area contributed by atoms with E-state index in [2.05, 4.69) is 5.10 Å². The maximum absolute atomic E-state index is 12.1. The van der Waals surface area contributed by atoms with Crippen molar-refractivity contribution in [2.24, 2.45) is 0 Å². The van der Waals surface area contributed by atoms with E-state index in [0.717, 1.165) is 16.6 Å². The molecule has 0 spiro atoms. The van der Waals surface area contributed by atoms with Crippen LogP contribution in [0.3, 0.4) is 0 Å². The first-order valence-corrected chi connectivity index (χ1v) is 6.71. The first-order chi connectivity index (χ1) is 10.2. The van der Waals surface area contributed by atoms with Crippen molar-refractivity contribution in [3.05, 3.63) is 54.2 Å². The summed E-state index contributed by atoms with van der Waals surface area (Å²) in [5.41, 5.74) is 8.43. The minimum absolute atomic E-state index is 0.302. The summed E-state index contributed by atoms with van der Waals surface area (Å²) in [5.74, 6) is -0.429. The summed E-state index contributed by atoms with van der Waals surface area (Å²) in [7, 11) is 0. The van der Waals surface area contributed by atoms with Gasteiger partial charge in [-0.1, -0.05) is 18.2 Å². The van der Waals surface area contributed by atoms with Gasteiger partial charge in [0, 0.05) is 11.1 Å². The molecule has 0 amide bonds. The van der Waals surface area contributed by atoms with Crippen LogP contribution in [0.2, 0.25) is 0 Å². The SMILES string of the molecule is CCOC(=O)c1nn(-c2ccccc2)c2cc(N)ccc12. The lowest BCUT2D eigenvalue weighted by Gasteiger charge is -2.03. The van der Waals surface area contributed by atoms with Crippen LogP contribution in [0.4, 0.5) is 5.69 Å². The van der Waals surface area contributed by atoms with E-state index in [9.17, 15) is 4.79 Å². The van der Waals surface area contributed by atoms with Crippen molar-refractivity contribution < 1.29 is 9.53 Å². The van der Waals surface area contributed by atoms with E-state index in [1.54, 1.807) is 29.8 Å². The Bertz CT molecular complexity index is 794. The van der Waals surface area contributed by atoms with Gasteiger partial charge < -0.3 is 10.5 Å². The molecule has 1 heterocycles. The molecule has 21 heavy (non-hydrogen) atoms. The quantitative estimate of drug-likeness (QED) is 0.592. The molecule has 0 fully saturated rings. The Morgan fingerprint density at radius 1 is 1.24 bits per heavy atom. The minimum atomic E-state index is -0.429. The van der Waals surface area contributed by atoms with Gasteiger partial charge >= 0.3 is 5.97 Å². The lowest BCUT2D eigenvalue weighted by atomic mass is 10.2. The number of hydrogen-bond acceptors (Lipinski definition) is 4. The molecule has 3 aromatic rings. The van der Waals surface area contributed by atoms with Crippen LogP contribution in [0.5, 0.6) is 0 Å². The molecule has 0 aliphatic carbocycles. The van der Waals surface area contributed by atoms with Crippen molar-refractivity contribution in [1.82, 2.24) is 9.78 Å². The molecule has 0 atom stereocenters. The molecule has 0 saturated heterocycles. The summed E-state index contributed by atoms with van der Waals surface area (Å²) in [5, 5.41) is 5.13. The van der Waals surface area contributed by atoms with Crippen LogP contribution in [0.15, 0.2) is 48.5 Å². The van der Waals surface area contributed by atoms with Gasteiger partial charge in [-0.3, -0.25) is 0 Å². The molecular formula is C16H15N3O2. The van der Waals surface area contributed by atoms with Gasteiger partial charge in [0.1, 0.15) is 0 Å². The molecule has 0 saturated carbocycles. The van der Waals surface area contributed by atoms with Crippen molar-refractivity contribution in [2.45, 2.75) is 6.92 Å². The topological polar surface area (TPSA) is 70.1 Å². The second-order valence-corrected chi connectivity index (χ2v) is 4.59. The molecule has 2 N–H and O–H groups in total. The lowest BCUT2D eigenvalue weighted by Crippen LogP contribution is -2.06. The number of aromatic nitrogens is 2. The van der Waals surface area contributed by atoms with Gasteiger partial charge in [-0.2, -0.15) is 5.10 Å². The number of nitrogens with zero attached hydrogens (tertiary/aromatic N) is 2. The summed E-state index contributed by atoms with van der Waals surface area (Å²) in [6, 6.07) is 15.0. The molecule has 0 bridgehead atoms. The van der Waals surface area contributed by atoms with Crippen molar-refractivity contribution >= 4 is 22.6 Å². The third-order valence-corrected chi connectivity index (χ3v) is 3.17. The zero-order valence-electron chi connectivity index (χ0n) is 11.6. The fraction of sp³-hybridized carbons (Fsp3) is 0.125. The average molecular weight is 281 g/mol. The highest BCUT2D eigenvalue weighted by Crippen LogP contribution is 2.24. The van der Waals surface area contributed by atoms with Gasteiger partial charge in [0.15, 0.2) is 5.69 Å². The summed E-state index contributed by atoms with van der Waals surface area (Å²) < 4.78 is 6.78. The van der Waals surface area contributed by atoms with Gasteiger partial charge in [-0.25, -0.2) is 9.48 Å². The van der Waals surface area contributed by atoms with Crippen LogP contribution in [-0.4, -0.2) is 22.4 Å². The fourth-order valence-corrected chi connectivity index (χ4v) is 2.25. The Hall–Kier alpha value is -2.82. The second kappa shape index (κ2) is 5.28. The maximum atomic E-state index is 12.1. The van der Waals surface area contributed by atoms with E-state index in [-0.39, 0.29) is 0 Å². The van der Waals surface area contributed by atoms with Crippen LogP contribution >= 0.6 is 0 Å². The Labute approximate surface area is 121 Å². The summed E-state index contributed by atoms with van der Waals surface area (Å²) in [4.78, 5) is 12.1. The lowest BCUT2D eigenvalue weighted by molar-refractivity contribution is 0.0521. The zero-order valence-corrected chi connectivity index (χ0v) is 11.6. The molecule has 0 unspecified atom stereocenters. The monoisotopic (exact) mass is 281 g/mol. The van der Waals surface area contributed by atoms with Crippen molar-refractivity contribution in [2.75, 3.05) is 12.3 Å². The summed E-state index contributed by atoms with van der Waals surface area (Å²) in [6.07, 6.45) is 0. The number of benzene rings is 2. The van der Waals surface area contributed by atoms with E-state index in [1.807, 2.05) is 30.3 Å². The van der Waals surface area contributed by atoms with E-state index in [1.165, 1.54) is 0 Å². The molecule has 1 aromatic heterocycles. The van der Waals surface area contributed by atoms with Crippen molar-refractivity contribution in [3.63, 3.8) is 0 Å². The molecule has 3 rings (SSSR count). The first-order valence-electron chi connectivity index (χ1n) is 6.71. The number of nitrogens with two attached hydrogens (primary N) is 1.